The summed E-state index contributed by atoms with van der Waals surface area (Å²) in [7, 11) is 2.46. The minimum atomic E-state index is -0.0724. The van der Waals surface area contributed by atoms with Gasteiger partial charge < -0.3 is 4.74 Å². The fraction of sp³-hybridized carbons (Fsp3) is 0.279. The Balaban J connectivity index is 1.72. The van der Waals surface area contributed by atoms with Crippen molar-refractivity contribution >= 4 is 20.1 Å². The monoisotopic (exact) mass is 625 g/mol. The van der Waals surface area contributed by atoms with Gasteiger partial charge >= 0.3 is 0 Å². The predicted octanol–water partition coefficient (Wildman–Crippen LogP) is 10.7. The van der Waals surface area contributed by atoms with Gasteiger partial charge in [-0.1, -0.05) is 169 Å². The van der Waals surface area contributed by atoms with Crippen LogP contribution >= 0.6 is 8.58 Å². The molecule has 3 heteroatoms. The van der Waals surface area contributed by atoms with Crippen LogP contribution in [0.4, 0.5) is 0 Å². The summed E-state index contributed by atoms with van der Waals surface area (Å²) in [6.07, 6.45) is 9.52. The molecule has 0 saturated heterocycles. The lowest BCUT2D eigenvalue weighted by molar-refractivity contribution is 0.294. The van der Waals surface area contributed by atoms with Crippen molar-refractivity contribution in [2.24, 2.45) is 4.99 Å². The summed E-state index contributed by atoms with van der Waals surface area (Å²) < 4.78 is 7.04. The molecule has 0 heterocycles. The molecule has 236 valence electrons. The number of nitrogens with zero attached hydrogens (tertiary/aromatic N) is 1. The number of aliphatic imine (C=N–C) groups is 1. The van der Waals surface area contributed by atoms with Crippen molar-refractivity contribution < 1.29 is 4.74 Å². The molecule has 0 bridgehead atoms. The number of rotatable bonds is 16. The normalized spacial score (nSPS) is 12.9. The van der Waals surface area contributed by atoms with Gasteiger partial charge in [0.25, 0.3) is 0 Å². The van der Waals surface area contributed by atoms with E-state index < -0.39 is 0 Å². The number of unbranched alkanes of at least 4 members (excludes halogenated alkanes) is 2. The molecular weight excluding hydrogens is 577 g/mol. The van der Waals surface area contributed by atoms with Crippen LogP contribution in [0.15, 0.2) is 132 Å². The van der Waals surface area contributed by atoms with Gasteiger partial charge in [-0.2, -0.15) is 0 Å². The van der Waals surface area contributed by atoms with Crippen LogP contribution < -0.4 is 10.0 Å². The molecule has 0 fully saturated rings. The third kappa shape index (κ3) is 8.83. The van der Waals surface area contributed by atoms with E-state index in [9.17, 15) is 0 Å². The van der Waals surface area contributed by atoms with Crippen LogP contribution in [0.3, 0.4) is 0 Å². The first-order chi connectivity index (χ1) is 22.6. The minimum absolute atomic E-state index is 0.0724. The van der Waals surface area contributed by atoms with E-state index in [-0.39, 0.29) is 5.16 Å². The molecule has 5 rings (SSSR count). The highest BCUT2D eigenvalue weighted by molar-refractivity contribution is 7.48. The number of hydrogen-bond donors (Lipinski definition) is 0. The molecule has 0 aromatic heterocycles. The maximum absolute atomic E-state index is 7.04. The zero-order valence-electron chi connectivity index (χ0n) is 27.7. The standard InChI is InChI=1S/C43H48NOP/c1-4-6-18-27-43(5-2,46-41-26-17-16-25-38(41)32-44-3)40-31-37(28-34-19-10-7-11-20-34)30-39(29-35-21-12-8-13-22-35)42(40)45-33-36-23-14-9-15-24-36/h7-17,19-26,30-32,46H,4-6,18,27-29,33H2,1-3H3. The molecule has 0 amide bonds. The number of hydrogen-bond acceptors (Lipinski definition) is 2. The molecule has 5 aromatic carbocycles. The SMILES string of the molecule is CCCCCC(CC)(Pc1ccccc1C=NC)c1cc(Cc2ccccc2)cc(Cc2ccccc2)c1OCc1ccccc1. The fourth-order valence-corrected chi connectivity index (χ4v) is 8.19. The predicted molar refractivity (Wildman–Crippen MR) is 200 cm³/mol. The Bertz CT molecular complexity index is 1670. The van der Waals surface area contributed by atoms with E-state index in [4.69, 9.17) is 4.74 Å². The highest BCUT2D eigenvalue weighted by atomic mass is 31.1. The van der Waals surface area contributed by atoms with Gasteiger partial charge in [0.2, 0.25) is 0 Å². The van der Waals surface area contributed by atoms with Gasteiger partial charge in [-0.15, -0.1) is 0 Å². The molecule has 0 spiro atoms. The van der Waals surface area contributed by atoms with Crippen LogP contribution in [0.5, 0.6) is 5.75 Å². The van der Waals surface area contributed by atoms with Crippen molar-refractivity contribution in [2.45, 2.75) is 70.6 Å². The van der Waals surface area contributed by atoms with Crippen molar-refractivity contribution in [2.75, 3.05) is 7.05 Å². The first-order valence-electron chi connectivity index (χ1n) is 16.8. The molecule has 5 aromatic rings. The van der Waals surface area contributed by atoms with Crippen molar-refractivity contribution in [3.05, 3.63) is 166 Å². The van der Waals surface area contributed by atoms with Gasteiger partial charge in [0, 0.05) is 30.4 Å². The zero-order valence-corrected chi connectivity index (χ0v) is 28.7. The van der Waals surface area contributed by atoms with Crippen molar-refractivity contribution in [1.29, 1.82) is 0 Å². The van der Waals surface area contributed by atoms with Crippen molar-refractivity contribution in [3.8, 4) is 5.75 Å². The Morgan fingerprint density at radius 2 is 1.28 bits per heavy atom. The first kappa shape index (κ1) is 33.4. The first-order valence-corrected chi connectivity index (χ1v) is 17.8. The van der Waals surface area contributed by atoms with Gasteiger partial charge in [-0.25, -0.2) is 0 Å². The molecule has 0 saturated carbocycles. The Morgan fingerprint density at radius 3 is 1.91 bits per heavy atom. The molecule has 0 radical (unpaired) electrons. The summed E-state index contributed by atoms with van der Waals surface area (Å²) in [5.41, 5.74) is 9.02. The number of benzene rings is 5. The van der Waals surface area contributed by atoms with Crippen molar-refractivity contribution in [3.63, 3.8) is 0 Å². The van der Waals surface area contributed by atoms with Crippen LogP contribution in [-0.2, 0) is 24.6 Å². The third-order valence-corrected chi connectivity index (χ3v) is 10.9. The molecule has 46 heavy (non-hydrogen) atoms. The summed E-state index contributed by atoms with van der Waals surface area (Å²) in [4.78, 5) is 4.43. The van der Waals surface area contributed by atoms with Gasteiger partial charge in [0.15, 0.2) is 0 Å². The lowest BCUT2D eigenvalue weighted by atomic mass is 9.84. The highest BCUT2D eigenvalue weighted by Crippen LogP contribution is 2.53. The molecule has 2 atom stereocenters. The van der Waals surface area contributed by atoms with Gasteiger partial charge in [-0.05, 0) is 57.9 Å². The van der Waals surface area contributed by atoms with Crippen LogP contribution in [0, 0.1) is 0 Å². The second kappa shape index (κ2) is 17.1. The van der Waals surface area contributed by atoms with E-state index >= 15 is 0 Å². The maximum Gasteiger partial charge on any atom is 0.127 e. The second-order valence-electron chi connectivity index (χ2n) is 12.2. The molecule has 0 aliphatic carbocycles. The highest BCUT2D eigenvalue weighted by Gasteiger charge is 2.35. The fourth-order valence-electron chi connectivity index (χ4n) is 6.41. The second-order valence-corrected chi connectivity index (χ2v) is 14.0. The van der Waals surface area contributed by atoms with E-state index in [1.54, 1.807) is 0 Å². The summed E-state index contributed by atoms with van der Waals surface area (Å²) in [5, 5.41) is 1.30. The van der Waals surface area contributed by atoms with Crippen molar-refractivity contribution in [1.82, 2.24) is 0 Å². The van der Waals surface area contributed by atoms with Gasteiger partial charge in [0.05, 0.1) is 0 Å². The lowest BCUT2D eigenvalue weighted by Crippen LogP contribution is -2.26. The van der Waals surface area contributed by atoms with E-state index in [0.29, 0.717) is 15.2 Å². The Labute approximate surface area is 278 Å². The molecule has 0 aliphatic rings. The molecule has 0 aliphatic heterocycles. The van der Waals surface area contributed by atoms with Crippen LogP contribution in [0.1, 0.15) is 84.9 Å². The average molecular weight is 626 g/mol. The molecule has 2 unspecified atom stereocenters. The Kier molecular flexibility index (Phi) is 12.4. The summed E-state index contributed by atoms with van der Waals surface area (Å²) >= 11 is 0. The van der Waals surface area contributed by atoms with Gasteiger partial charge in [0.1, 0.15) is 12.4 Å². The number of ether oxygens (including phenoxy) is 1. The van der Waals surface area contributed by atoms with E-state index in [0.717, 1.165) is 31.4 Å². The van der Waals surface area contributed by atoms with Crippen LogP contribution in [-0.4, -0.2) is 13.3 Å². The van der Waals surface area contributed by atoms with Gasteiger partial charge in [-0.3, -0.25) is 4.99 Å². The van der Waals surface area contributed by atoms with Crippen LogP contribution in [0.25, 0.3) is 0 Å². The Hall–Kier alpha value is -4.00. The summed E-state index contributed by atoms with van der Waals surface area (Å²) in [5.74, 6) is 1.07. The van der Waals surface area contributed by atoms with E-state index in [1.807, 2.05) is 13.3 Å². The molecule has 0 N–H and O–H groups in total. The van der Waals surface area contributed by atoms with Crippen LogP contribution in [0.2, 0.25) is 0 Å². The lowest BCUT2D eigenvalue weighted by Gasteiger charge is -2.37. The molecule has 2 nitrogen and oxygen atoms in total. The minimum Gasteiger partial charge on any atom is -0.488 e. The molecular formula is C43H48NOP. The maximum atomic E-state index is 7.04. The van der Waals surface area contributed by atoms with E-state index in [1.165, 1.54) is 63.5 Å². The van der Waals surface area contributed by atoms with E-state index in [2.05, 4.69) is 146 Å². The average Bonchev–Trinajstić information content (AvgIpc) is 3.09. The topological polar surface area (TPSA) is 21.6 Å². The zero-order chi connectivity index (χ0) is 32.0. The Morgan fingerprint density at radius 1 is 0.674 bits per heavy atom. The summed E-state index contributed by atoms with van der Waals surface area (Å²) in [6, 6.07) is 46.1. The quantitative estimate of drug-likeness (QED) is 0.0607. The largest absolute Gasteiger partial charge is 0.488 e. The third-order valence-electron chi connectivity index (χ3n) is 8.87. The smallest absolute Gasteiger partial charge is 0.127 e. The summed E-state index contributed by atoms with van der Waals surface area (Å²) in [6.45, 7) is 5.23.